The van der Waals surface area contributed by atoms with Gasteiger partial charge in [0.2, 0.25) is 0 Å². The first-order valence-corrected chi connectivity index (χ1v) is 11.3. The van der Waals surface area contributed by atoms with Crippen LogP contribution in [0.3, 0.4) is 0 Å². The topological polar surface area (TPSA) is 87.5 Å². The van der Waals surface area contributed by atoms with Gasteiger partial charge in [-0.3, -0.25) is 15.0 Å². The maximum Gasteiger partial charge on any atom is 0.268 e. The second-order valence-electron chi connectivity index (χ2n) is 7.57. The summed E-state index contributed by atoms with van der Waals surface area (Å²) in [6.45, 7) is 2.60. The third-order valence-electron chi connectivity index (χ3n) is 5.36. The van der Waals surface area contributed by atoms with Crippen molar-refractivity contribution >= 4 is 28.5 Å². The molecule has 1 aliphatic rings. The zero-order valence-corrected chi connectivity index (χ0v) is 19.3. The first-order chi connectivity index (χ1) is 16.1. The van der Waals surface area contributed by atoms with Crippen molar-refractivity contribution in [1.29, 1.82) is 5.26 Å². The van der Waals surface area contributed by atoms with Crippen LogP contribution in [0.15, 0.2) is 54.1 Å². The van der Waals surface area contributed by atoms with Crippen molar-refractivity contribution < 1.29 is 14.3 Å². The van der Waals surface area contributed by atoms with Crippen LogP contribution in [0.4, 0.5) is 5.13 Å². The Bertz CT molecular complexity index is 1210. The van der Waals surface area contributed by atoms with Crippen molar-refractivity contribution in [2.45, 2.75) is 19.5 Å². The van der Waals surface area contributed by atoms with Gasteiger partial charge in [-0.05, 0) is 29.3 Å². The molecule has 1 N–H and O–H groups in total. The van der Waals surface area contributed by atoms with Crippen LogP contribution in [0.2, 0.25) is 0 Å². The minimum atomic E-state index is -0.487. The Balaban J connectivity index is 1.44. The van der Waals surface area contributed by atoms with E-state index in [0.717, 1.165) is 36.6 Å². The van der Waals surface area contributed by atoms with Crippen molar-refractivity contribution in [3.8, 4) is 17.6 Å². The molecule has 1 amide bonds. The van der Waals surface area contributed by atoms with Gasteiger partial charge in [0.05, 0.1) is 19.9 Å². The van der Waals surface area contributed by atoms with E-state index in [2.05, 4.69) is 27.3 Å². The minimum Gasteiger partial charge on any atom is -0.493 e. The van der Waals surface area contributed by atoms with Crippen LogP contribution in [0.1, 0.15) is 21.7 Å². The molecular formula is C25H24N4O3S. The number of thiazole rings is 1. The number of rotatable bonds is 7. The number of nitrogens with one attached hydrogen (secondary N) is 1. The molecule has 0 fully saturated rings. The van der Waals surface area contributed by atoms with Crippen LogP contribution in [-0.2, 0) is 24.3 Å². The Labute approximate surface area is 196 Å². The molecule has 0 atom stereocenters. The van der Waals surface area contributed by atoms with Crippen molar-refractivity contribution in [3.63, 3.8) is 0 Å². The van der Waals surface area contributed by atoms with Crippen LogP contribution in [0.25, 0.3) is 6.08 Å². The van der Waals surface area contributed by atoms with E-state index in [4.69, 9.17) is 9.47 Å². The van der Waals surface area contributed by atoms with Gasteiger partial charge in [-0.25, -0.2) is 4.98 Å². The van der Waals surface area contributed by atoms with Gasteiger partial charge < -0.3 is 9.47 Å². The van der Waals surface area contributed by atoms with Gasteiger partial charge in [0, 0.05) is 30.9 Å². The second kappa shape index (κ2) is 10.3. The first-order valence-electron chi connectivity index (χ1n) is 10.5. The Morgan fingerprint density at radius 2 is 2.00 bits per heavy atom. The van der Waals surface area contributed by atoms with Gasteiger partial charge in [0.1, 0.15) is 11.6 Å². The van der Waals surface area contributed by atoms with Crippen molar-refractivity contribution in [2.75, 3.05) is 26.1 Å². The van der Waals surface area contributed by atoms with E-state index in [0.29, 0.717) is 22.2 Å². The van der Waals surface area contributed by atoms with Crippen molar-refractivity contribution in [2.24, 2.45) is 0 Å². The van der Waals surface area contributed by atoms with Gasteiger partial charge in [-0.2, -0.15) is 5.26 Å². The van der Waals surface area contributed by atoms with E-state index in [1.807, 2.05) is 24.3 Å². The van der Waals surface area contributed by atoms with Gasteiger partial charge in [-0.15, -0.1) is 11.3 Å². The van der Waals surface area contributed by atoms with E-state index in [-0.39, 0.29) is 5.57 Å². The first kappa shape index (κ1) is 22.5. The Morgan fingerprint density at radius 1 is 1.21 bits per heavy atom. The summed E-state index contributed by atoms with van der Waals surface area (Å²) in [5.74, 6) is 0.614. The normalized spacial score (nSPS) is 13.7. The highest BCUT2D eigenvalue weighted by Crippen LogP contribution is 2.30. The number of benzene rings is 2. The van der Waals surface area contributed by atoms with Gasteiger partial charge in [0.25, 0.3) is 5.91 Å². The largest absolute Gasteiger partial charge is 0.493 e. The lowest BCUT2D eigenvalue weighted by molar-refractivity contribution is -0.112. The van der Waals surface area contributed by atoms with Crippen molar-refractivity contribution in [3.05, 3.63) is 75.8 Å². The summed E-state index contributed by atoms with van der Waals surface area (Å²) in [4.78, 5) is 20.9. The summed E-state index contributed by atoms with van der Waals surface area (Å²) >= 11 is 1.47. The molecular weight excluding hydrogens is 436 g/mol. The van der Waals surface area contributed by atoms with E-state index >= 15 is 0 Å². The molecule has 33 heavy (non-hydrogen) atoms. The summed E-state index contributed by atoms with van der Waals surface area (Å²) in [5.41, 5.74) is 2.94. The molecule has 0 saturated heterocycles. The number of fused-ring (bicyclic) bond motifs is 1. The predicted octanol–water partition coefficient (Wildman–Crippen LogP) is 4.26. The van der Waals surface area contributed by atoms with Gasteiger partial charge in [0.15, 0.2) is 16.6 Å². The second-order valence-corrected chi connectivity index (χ2v) is 8.66. The molecule has 0 saturated carbocycles. The lowest BCUT2D eigenvalue weighted by atomic mass is 10.1. The lowest BCUT2D eigenvalue weighted by Gasteiger charge is -2.25. The number of nitriles is 1. The van der Waals surface area contributed by atoms with Gasteiger partial charge in [-0.1, -0.05) is 36.4 Å². The highest BCUT2D eigenvalue weighted by molar-refractivity contribution is 7.15. The average Bonchev–Trinajstić information content (AvgIpc) is 3.24. The molecule has 3 aromatic rings. The minimum absolute atomic E-state index is 0.0129. The van der Waals surface area contributed by atoms with E-state index < -0.39 is 5.91 Å². The number of methoxy groups -OCH3 is 2. The van der Waals surface area contributed by atoms with Crippen LogP contribution >= 0.6 is 11.3 Å². The van der Waals surface area contributed by atoms with E-state index in [1.54, 1.807) is 25.3 Å². The maximum atomic E-state index is 12.7. The summed E-state index contributed by atoms with van der Waals surface area (Å²) in [6, 6.07) is 17.6. The SMILES string of the molecule is COc1ccc(C=C(C#N)C(=O)Nc2nc3c(s2)CN(Cc2ccccc2)CC3)cc1OC. The van der Waals surface area contributed by atoms with Crippen LogP contribution < -0.4 is 14.8 Å². The summed E-state index contributed by atoms with van der Waals surface area (Å²) < 4.78 is 10.5. The Kier molecular flexibility index (Phi) is 7.03. The van der Waals surface area contributed by atoms with Crippen molar-refractivity contribution in [1.82, 2.24) is 9.88 Å². The quantitative estimate of drug-likeness (QED) is 0.419. The Morgan fingerprint density at radius 3 is 2.73 bits per heavy atom. The molecule has 1 aromatic heterocycles. The molecule has 0 unspecified atom stereocenters. The lowest BCUT2D eigenvalue weighted by Crippen LogP contribution is -2.29. The number of nitrogens with zero attached hydrogens (tertiary/aromatic N) is 3. The molecule has 1 aliphatic heterocycles. The van der Waals surface area contributed by atoms with Crippen LogP contribution in [0, 0.1) is 11.3 Å². The molecule has 168 valence electrons. The molecule has 0 radical (unpaired) electrons. The molecule has 2 aromatic carbocycles. The number of aromatic nitrogens is 1. The number of ether oxygens (including phenoxy) is 2. The molecule has 4 rings (SSSR count). The summed E-state index contributed by atoms with van der Waals surface area (Å²) in [7, 11) is 3.09. The molecule has 2 heterocycles. The molecule has 8 heteroatoms. The van der Waals surface area contributed by atoms with E-state index in [1.165, 1.54) is 30.1 Å². The third-order valence-corrected chi connectivity index (χ3v) is 6.36. The summed E-state index contributed by atoms with van der Waals surface area (Å²) in [6.07, 6.45) is 2.35. The number of hydrogen-bond donors (Lipinski definition) is 1. The molecule has 0 spiro atoms. The number of carbonyl (C=O) groups excluding carboxylic acids is 1. The smallest absolute Gasteiger partial charge is 0.268 e. The maximum absolute atomic E-state index is 12.7. The zero-order valence-electron chi connectivity index (χ0n) is 18.5. The highest BCUT2D eigenvalue weighted by Gasteiger charge is 2.22. The molecule has 0 aliphatic carbocycles. The summed E-state index contributed by atoms with van der Waals surface area (Å²) in [5, 5.41) is 12.8. The fourth-order valence-electron chi connectivity index (χ4n) is 3.70. The fourth-order valence-corrected chi connectivity index (χ4v) is 4.75. The number of anilines is 1. The number of amides is 1. The molecule has 7 nitrogen and oxygen atoms in total. The van der Waals surface area contributed by atoms with Crippen LogP contribution in [-0.4, -0.2) is 36.6 Å². The standard InChI is InChI=1S/C25H24N4O3S/c1-31-21-9-8-18(13-22(21)32-2)12-19(14-26)24(30)28-25-27-20-10-11-29(16-23(20)33-25)15-17-6-4-3-5-7-17/h3-9,12-13H,10-11,15-16H2,1-2H3,(H,27,28,30). The van der Waals surface area contributed by atoms with Gasteiger partial charge >= 0.3 is 0 Å². The fraction of sp³-hybridized carbons (Fsp3) is 0.240. The van der Waals surface area contributed by atoms with Crippen LogP contribution in [0.5, 0.6) is 11.5 Å². The third kappa shape index (κ3) is 5.40. The van der Waals surface area contributed by atoms with E-state index in [9.17, 15) is 10.1 Å². The Hall–Kier alpha value is -3.67. The number of carbonyl (C=O) groups is 1. The number of hydrogen-bond acceptors (Lipinski definition) is 7. The zero-order chi connectivity index (χ0) is 23.2. The molecule has 0 bridgehead atoms. The average molecular weight is 461 g/mol. The predicted molar refractivity (Wildman–Crippen MR) is 128 cm³/mol. The highest BCUT2D eigenvalue weighted by atomic mass is 32.1. The monoisotopic (exact) mass is 460 g/mol.